The maximum Gasteiger partial charge on any atom is 0.277 e. The van der Waals surface area contributed by atoms with Crippen molar-refractivity contribution in [3.05, 3.63) is 65.2 Å². The lowest BCUT2D eigenvalue weighted by Crippen LogP contribution is -2.24. The largest absolute Gasteiger partial charge is 0.496 e. The highest BCUT2D eigenvalue weighted by atomic mass is 16.5. The van der Waals surface area contributed by atoms with Gasteiger partial charge in [-0.1, -0.05) is 30.3 Å². The molecule has 2 rings (SSSR count). The second-order valence-corrected chi connectivity index (χ2v) is 5.47. The molecule has 0 saturated carbocycles. The summed E-state index contributed by atoms with van der Waals surface area (Å²) in [6, 6.07) is 13.5. The highest BCUT2D eigenvalue weighted by Crippen LogP contribution is 2.19. The molecule has 1 amide bonds. The molecule has 130 valence electrons. The molecule has 5 heteroatoms. The molecule has 0 saturated heterocycles. The van der Waals surface area contributed by atoms with Crippen LogP contribution >= 0.6 is 0 Å². The van der Waals surface area contributed by atoms with Gasteiger partial charge in [-0.3, -0.25) is 4.79 Å². The zero-order valence-electron chi connectivity index (χ0n) is 14.7. The summed E-state index contributed by atoms with van der Waals surface area (Å²) in [7, 11) is 1.62. The van der Waals surface area contributed by atoms with E-state index in [1.54, 1.807) is 13.2 Å². The zero-order chi connectivity index (χ0) is 18.1. The maximum atomic E-state index is 11.8. The topological polar surface area (TPSA) is 59.9 Å². The van der Waals surface area contributed by atoms with Crippen LogP contribution in [-0.2, 0) is 4.79 Å². The number of aryl methyl sites for hydroxylation is 2. The van der Waals surface area contributed by atoms with Gasteiger partial charge in [-0.25, -0.2) is 5.43 Å². The van der Waals surface area contributed by atoms with Crippen molar-refractivity contribution >= 4 is 18.2 Å². The molecule has 0 aliphatic carbocycles. The predicted octanol–water partition coefficient (Wildman–Crippen LogP) is 3.51. The van der Waals surface area contributed by atoms with Gasteiger partial charge in [-0.2, -0.15) is 5.10 Å². The fourth-order valence-corrected chi connectivity index (χ4v) is 2.14. The van der Waals surface area contributed by atoms with Crippen molar-refractivity contribution in [1.29, 1.82) is 0 Å². The van der Waals surface area contributed by atoms with Crippen molar-refractivity contribution < 1.29 is 14.3 Å². The molecule has 0 unspecified atom stereocenters. The summed E-state index contributed by atoms with van der Waals surface area (Å²) in [5, 5.41) is 3.86. The van der Waals surface area contributed by atoms with Crippen LogP contribution in [-0.4, -0.2) is 25.8 Å². The van der Waals surface area contributed by atoms with E-state index in [2.05, 4.69) is 10.5 Å². The molecule has 0 aliphatic heterocycles. The van der Waals surface area contributed by atoms with E-state index in [0.29, 0.717) is 5.75 Å². The molecule has 0 atom stereocenters. The number of rotatable bonds is 7. The second-order valence-electron chi connectivity index (χ2n) is 5.47. The van der Waals surface area contributed by atoms with Crippen LogP contribution in [0.3, 0.4) is 0 Å². The Balaban J connectivity index is 1.80. The quantitative estimate of drug-likeness (QED) is 0.621. The number of methoxy groups -OCH3 is 1. The van der Waals surface area contributed by atoms with Gasteiger partial charge in [-0.15, -0.1) is 0 Å². The van der Waals surface area contributed by atoms with Gasteiger partial charge in [0.15, 0.2) is 6.61 Å². The average Bonchev–Trinajstić information content (AvgIpc) is 2.62. The van der Waals surface area contributed by atoms with Gasteiger partial charge < -0.3 is 9.47 Å². The van der Waals surface area contributed by atoms with E-state index < -0.39 is 0 Å². The highest BCUT2D eigenvalue weighted by Gasteiger charge is 2.04. The fourth-order valence-electron chi connectivity index (χ4n) is 2.14. The number of nitrogens with zero attached hydrogens (tertiary/aromatic N) is 1. The molecule has 2 aromatic carbocycles. The fraction of sp³-hybridized carbons (Fsp3) is 0.200. The number of hydrogen-bond acceptors (Lipinski definition) is 4. The van der Waals surface area contributed by atoms with E-state index in [-0.39, 0.29) is 12.5 Å². The number of nitrogens with one attached hydrogen (secondary N) is 1. The van der Waals surface area contributed by atoms with E-state index in [1.165, 1.54) is 6.21 Å². The summed E-state index contributed by atoms with van der Waals surface area (Å²) in [5.41, 5.74) is 5.43. The van der Waals surface area contributed by atoms with Crippen LogP contribution in [0.4, 0.5) is 0 Å². The standard InChI is InChI=1S/C20H22N2O3/c1-15-10-11-16(2)19(13-15)25-14-20(23)22-21-12-6-8-17-7-4-5-9-18(17)24-3/h4-13H,14H2,1-3H3,(H,22,23)/b8-6+,21-12+. The summed E-state index contributed by atoms with van der Waals surface area (Å²) in [6.07, 6.45) is 5.08. The van der Waals surface area contributed by atoms with E-state index in [1.807, 2.05) is 62.4 Å². The SMILES string of the molecule is COc1ccccc1/C=C/C=N/NC(=O)COc1cc(C)ccc1C. The van der Waals surface area contributed by atoms with Gasteiger partial charge in [0.05, 0.1) is 7.11 Å². The van der Waals surface area contributed by atoms with Crippen molar-refractivity contribution in [3.63, 3.8) is 0 Å². The Hall–Kier alpha value is -3.08. The van der Waals surface area contributed by atoms with E-state index in [9.17, 15) is 4.79 Å². The number of hydrogen-bond donors (Lipinski definition) is 1. The molecule has 0 bridgehead atoms. The molecular formula is C20H22N2O3. The number of carbonyl (C=O) groups is 1. The molecule has 2 aromatic rings. The van der Waals surface area contributed by atoms with Gasteiger partial charge in [0.2, 0.25) is 0 Å². The van der Waals surface area contributed by atoms with Gasteiger partial charge in [0.25, 0.3) is 5.91 Å². The highest BCUT2D eigenvalue weighted by molar-refractivity contribution is 5.82. The predicted molar refractivity (Wildman–Crippen MR) is 100 cm³/mol. The summed E-state index contributed by atoms with van der Waals surface area (Å²) in [4.78, 5) is 11.8. The lowest BCUT2D eigenvalue weighted by molar-refractivity contribution is -0.123. The van der Waals surface area contributed by atoms with Gasteiger partial charge >= 0.3 is 0 Å². The van der Waals surface area contributed by atoms with Crippen LogP contribution in [0.25, 0.3) is 6.08 Å². The summed E-state index contributed by atoms with van der Waals surface area (Å²) < 4.78 is 10.8. The number of hydrazone groups is 1. The maximum absolute atomic E-state index is 11.8. The van der Waals surface area contributed by atoms with Crippen LogP contribution < -0.4 is 14.9 Å². The minimum atomic E-state index is -0.317. The minimum Gasteiger partial charge on any atom is -0.496 e. The van der Waals surface area contributed by atoms with Crippen LogP contribution in [0.1, 0.15) is 16.7 Å². The van der Waals surface area contributed by atoms with Crippen LogP contribution in [0, 0.1) is 13.8 Å². The van der Waals surface area contributed by atoms with Crippen molar-refractivity contribution in [3.8, 4) is 11.5 Å². The molecule has 0 spiro atoms. The Bertz CT molecular complexity index is 782. The molecule has 1 N–H and O–H groups in total. The van der Waals surface area contributed by atoms with Crippen LogP contribution in [0.15, 0.2) is 53.6 Å². The Kier molecular flexibility index (Phi) is 6.77. The second kappa shape index (κ2) is 9.27. The Morgan fingerprint density at radius 1 is 1.16 bits per heavy atom. The first-order chi connectivity index (χ1) is 12.1. The first-order valence-electron chi connectivity index (χ1n) is 7.92. The van der Waals surface area contributed by atoms with Gasteiger partial charge in [0, 0.05) is 11.8 Å². The van der Waals surface area contributed by atoms with Crippen molar-refractivity contribution in [2.75, 3.05) is 13.7 Å². The molecule has 25 heavy (non-hydrogen) atoms. The summed E-state index contributed by atoms with van der Waals surface area (Å²) in [5.74, 6) is 1.16. The summed E-state index contributed by atoms with van der Waals surface area (Å²) in [6.45, 7) is 3.83. The normalized spacial score (nSPS) is 11.0. The Labute approximate surface area is 148 Å². The van der Waals surface area contributed by atoms with E-state index in [4.69, 9.17) is 9.47 Å². The minimum absolute atomic E-state index is 0.0855. The first-order valence-corrected chi connectivity index (χ1v) is 7.92. The number of allylic oxidation sites excluding steroid dienone is 1. The van der Waals surface area contributed by atoms with Gasteiger partial charge in [-0.05, 0) is 49.3 Å². The lowest BCUT2D eigenvalue weighted by atomic mass is 10.1. The molecule has 0 fully saturated rings. The average molecular weight is 338 g/mol. The third-order valence-corrected chi connectivity index (χ3v) is 3.47. The monoisotopic (exact) mass is 338 g/mol. The van der Waals surface area contributed by atoms with Crippen molar-refractivity contribution in [2.24, 2.45) is 5.10 Å². The van der Waals surface area contributed by atoms with Gasteiger partial charge in [0.1, 0.15) is 11.5 Å². The van der Waals surface area contributed by atoms with E-state index in [0.717, 1.165) is 22.4 Å². The third-order valence-electron chi connectivity index (χ3n) is 3.47. The molecule has 5 nitrogen and oxygen atoms in total. The lowest BCUT2D eigenvalue weighted by Gasteiger charge is -2.08. The number of para-hydroxylation sites is 1. The Morgan fingerprint density at radius 2 is 1.96 bits per heavy atom. The van der Waals surface area contributed by atoms with E-state index >= 15 is 0 Å². The number of ether oxygens (including phenoxy) is 2. The zero-order valence-corrected chi connectivity index (χ0v) is 14.7. The molecule has 0 heterocycles. The van der Waals surface area contributed by atoms with Crippen molar-refractivity contribution in [2.45, 2.75) is 13.8 Å². The number of benzene rings is 2. The summed E-state index contributed by atoms with van der Waals surface area (Å²) >= 11 is 0. The van der Waals surface area contributed by atoms with Crippen LogP contribution in [0.5, 0.6) is 11.5 Å². The Morgan fingerprint density at radius 3 is 2.76 bits per heavy atom. The molecule has 0 radical (unpaired) electrons. The number of amides is 1. The molecular weight excluding hydrogens is 316 g/mol. The van der Waals surface area contributed by atoms with Crippen molar-refractivity contribution in [1.82, 2.24) is 5.43 Å². The number of carbonyl (C=O) groups excluding carboxylic acids is 1. The molecule has 0 aromatic heterocycles. The molecule has 0 aliphatic rings. The first kappa shape index (κ1) is 18.3. The third kappa shape index (κ3) is 5.80. The van der Waals surface area contributed by atoms with Crippen LogP contribution in [0.2, 0.25) is 0 Å². The smallest absolute Gasteiger partial charge is 0.277 e.